The predicted octanol–water partition coefficient (Wildman–Crippen LogP) is 4.52. The summed E-state index contributed by atoms with van der Waals surface area (Å²) in [6, 6.07) is 0. The van der Waals surface area contributed by atoms with Gasteiger partial charge in [-0.05, 0) is 43.6 Å². The third kappa shape index (κ3) is 2.72. The molecule has 1 heteroatoms. The molecular formula is C14H22S. The number of rotatable bonds is 3. The molecule has 1 aliphatic rings. The van der Waals surface area contributed by atoms with Crippen molar-refractivity contribution in [2.75, 3.05) is 5.75 Å². The minimum absolute atomic E-state index is 0.202. The Balaban J connectivity index is 2.99. The van der Waals surface area contributed by atoms with Gasteiger partial charge in [0.1, 0.15) is 0 Å². The highest BCUT2D eigenvalue weighted by Gasteiger charge is 2.19. The van der Waals surface area contributed by atoms with Crippen molar-refractivity contribution < 1.29 is 0 Å². The van der Waals surface area contributed by atoms with Crippen LogP contribution in [0.3, 0.4) is 0 Å². The quantitative estimate of drug-likeness (QED) is 0.486. The van der Waals surface area contributed by atoms with Crippen molar-refractivity contribution >= 4 is 16.4 Å². The summed E-state index contributed by atoms with van der Waals surface area (Å²) in [5.41, 5.74) is 4.09. The second kappa shape index (κ2) is 4.98. The Morgan fingerprint density at radius 2 is 2.20 bits per heavy atom. The summed E-state index contributed by atoms with van der Waals surface area (Å²) < 4.78 is 0. The first-order chi connectivity index (χ1) is 6.97. The lowest BCUT2D eigenvalue weighted by Gasteiger charge is -2.06. The molecule has 0 aromatic rings. The molecule has 1 aliphatic heterocycles. The molecule has 0 bridgehead atoms. The molecule has 0 radical (unpaired) electrons. The van der Waals surface area contributed by atoms with Crippen LogP contribution in [0.2, 0.25) is 0 Å². The number of hydrogen-bond donors (Lipinski definition) is 0. The van der Waals surface area contributed by atoms with E-state index in [4.69, 9.17) is 0 Å². The van der Waals surface area contributed by atoms with Gasteiger partial charge >= 0.3 is 0 Å². The molecule has 0 aromatic carbocycles. The zero-order valence-corrected chi connectivity index (χ0v) is 11.2. The first-order valence-corrected chi connectivity index (χ1v) is 7.11. The third-order valence-corrected chi connectivity index (χ3v) is 5.19. The SMILES string of the molecule is C=C(CC)/C(C)=C/C1=C(C)C(C)CS1=C. The zero-order valence-electron chi connectivity index (χ0n) is 10.4. The summed E-state index contributed by atoms with van der Waals surface area (Å²) in [7, 11) is 0.202. The molecule has 0 saturated heterocycles. The van der Waals surface area contributed by atoms with Gasteiger partial charge in [-0.3, -0.25) is 0 Å². The van der Waals surface area contributed by atoms with Crippen LogP contribution in [-0.2, 0) is 0 Å². The fourth-order valence-electron chi connectivity index (χ4n) is 1.76. The van der Waals surface area contributed by atoms with E-state index in [9.17, 15) is 0 Å². The van der Waals surface area contributed by atoms with Gasteiger partial charge in [0.05, 0.1) is 0 Å². The maximum atomic E-state index is 4.25. The lowest BCUT2D eigenvalue weighted by molar-refractivity contribution is 0.795. The molecule has 0 N–H and O–H groups in total. The van der Waals surface area contributed by atoms with Crippen LogP contribution in [0.1, 0.15) is 34.1 Å². The predicted molar refractivity (Wildman–Crippen MR) is 74.6 cm³/mol. The molecule has 2 unspecified atom stereocenters. The summed E-state index contributed by atoms with van der Waals surface area (Å²) in [5, 5.41) is 0. The first-order valence-electron chi connectivity index (χ1n) is 5.55. The van der Waals surface area contributed by atoms with Crippen molar-refractivity contribution in [2.45, 2.75) is 34.1 Å². The molecule has 84 valence electrons. The number of allylic oxidation sites excluding steroid dienone is 4. The van der Waals surface area contributed by atoms with Crippen molar-refractivity contribution in [3.05, 3.63) is 34.3 Å². The van der Waals surface area contributed by atoms with Crippen LogP contribution in [0.15, 0.2) is 34.3 Å². The highest BCUT2D eigenvalue weighted by atomic mass is 32.2. The van der Waals surface area contributed by atoms with Crippen molar-refractivity contribution in [2.24, 2.45) is 5.92 Å². The third-order valence-electron chi connectivity index (χ3n) is 3.22. The van der Waals surface area contributed by atoms with Gasteiger partial charge in [-0.25, -0.2) is 0 Å². The first kappa shape index (κ1) is 12.5. The highest BCUT2D eigenvalue weighted by Crippen LogP contribution is 2.41. The van der Waals surface area contributed by atoms with Gasteiger partial charge in [0.2, 0.25) is 0 Å². The minimum atomic E-state index is 0.202. The van der Waals surface area contributed by atoms with Crippen LogP contribution in [-0.4, -0.2) is 11.6 Å². The van der Waals surface area contributed by atoms with Crippen molar-refractivity contribution in [1.29, 1.82) is 0 Å². The Morgan fingerprint density at radius 3 is 2.60 bits per heavy atom. The van der Waals surface area contributed by atoms with Crippen LogP contribution >= 0.6 is 10.5 Å². The standard InChI is InChI=1S/C14H22S/c1-7-10(2)11(3)8-14-13(5)12(4)9-15(14)6/h8,12H,2,6-7,9H2,1,3-5H3/b11-8+. The van der Waals surface area contributed by atoms with E-state index >= 15 is 0 Å². The second-order valence-corrected chi connectivity index (χ2v) is 6.15. The molecule has 0 saturated carbocycles. The van der Waals surface area contributed by atoms with Crippen molar-refractivity contribution in [3.8, 4) is 0 Å². The lowest BCUT2D eigenvalue weighted by Crippen LogP contribution is -1.92. The smallest absolute Gasteiger partial charge is 0.000623 e. The Morgan fingerprint density at radius 1 is 1.60 bits per heavy atom. The number of hydrogen-bond acceptors (Lipinski definition) is 0. The Labute approximate surface area is 96.7 Å². The van der Waals surface area contributed by atoms with E-state index in [2.05, 4.69) is 46.2 Å². The van der Waals surface area contributed by atoms with E-state index in [0.29, 0.717) is 5.92 Å². The van der Waals surface area contributed by atoms with Gasteiger partial charge in [0.25, 0.3) is 0 Å². The topological polar surface area (TPSA) is 0 Å². The van der Waals surface area contributed by atoms with Gasteiger partial charge in [0.15, 0.2) is 0 Å². The Bertz CT molecular complexity index is 356. The summed E-state index contributed by atoms with van der Waals surface area (Å²) in [6.07, 6.45) is 3.34. The molecule has 0 amide bonds. The van der Waals surface area contributed by atoms with Crippen LogP contribution in [0.25, 0.3) is 0 Å². The normalized spacial score (nSPS) is 27.3. The lowest BCUT2D eigenvalue weighted by atomic mass is 10.0. The van der Waals surface area contributed by atoms with Gasteiger partial charge in [-0.2, -0.15) is 10.5 Å². The molecule has 0 aromatic heterocycles. The monoisotopic (exact) mass is 222 g/mol. The van der Waals surface area contributed by atoms with Crippen LogP contribution < -0.4 is 0 Å². The second-order valence-electron chi connectivity index (χ2n) is 4.39. The van der Waals surface area contributed by atoms with E-state index in [1.54, 1.807) is 0 Å². The van der Waals surface area contributed by atoms with E-state index < -0.39 is 0 Å². The van der Waals surface area contributed by atoms with Gasteiger partial charge in [-0.15, -0.1) is 0 Å². The van der Waals surface area contributed by atoms with Crippen molar-refractivity contribution in [1.82, 2.24) is 0 Å². The minimum Gasteiger partial charge on any atom is -0.161 e. The maximum Gasteiger partial charge on any atom is 0.000623 e. The van der Waals surface area contributed by atoms with Gasteiger partial charge < -0.3 is 0 Å². The molecule has 0 spiro atoms. The summed E-state index contributed by atoms with van der Waals surface area (Å²) in [4.78, 5) is 1.47. The molecule has 0 aliphatic carbocycles. The molecule has 15 heavy (non-hydrogen) atoms. The fourth-order valence-corrected chi connectivity index (χ4v) is 3.79. The van der Waals surface area contributed by atoms with Gasteiger partial charge in [0, 0.05) is 4.91 Å². The summed E-state index contributed by atoms with van der Waals surface area (Å²) in [6.45, 7) is 12.9. The molecule has 0 nitrogen and oxygen atoms in total. The highest BCUT2D eigenvalue weighted by molar-refractivity contribution is 8.17. The van der Waals surface area contributed by atoms with E-state index in [1.807, 2.05) is 0 Å². The fraction of sp³-hybridized carbons (Fsp3) is 0.500. The van der Waals surface area contributed by atoms with Crippen LogP contribution in [0.5, 0.6) is 0 Å². The Kier molecular flexibility index (Phi) is 4.15. The Hall–Kier alpha value is -0.560. The molecule has 1 rings (SSSR count). The average molecular weight is 222 g/mol. The average Bonchev–Trinajstić information content (AvgIpc) is 2.43. The van der Waals surface area contributed by atoms with Crippen LogP contribution in [0.4, 0.5) is 0 Å². The molecule has 1 heterocycles. The molecule has 0 fully saturated rings. The van der Waals surface area contributed by atoms with Crippen LogP contribution in [0, 0.1) is 5.92 Å². The van der Waals surface area contributed by atoms with Gasteiger partial charge in [-0.1, -0.05) is 37.4 Å². The largest absolute Gasteiger partial charge is 0.161 e. The van der Waals surface area contributed by atoms with E-state index in [0.717, 1.165) is 6.42 Å². The summed E-state index contributed by atoms with van der Waals surface area (Å²) >= 11 is 0. The molecular weight excluding hydrogens is 200 g/mol. The summed E-state index contributed by atoms with van der Waals surface area (Å²) in [5.74, 6) is 6.19. The molecule has 2 atom stereocenters. The van der Waals surface area contributed by atoms with Crippen molar-refractivity contribution in [3.63, 3.8) is 0 Å². The van der Waals surface area contributed by atoms with E-state index in [-0.39, 0.29) is 10.5 Å². The van der Waals surface area contributed by atoms with E-state index in [1.165, 1.54) is 27.4 Å². The maximum absolute atomic E-state index is 4.25. The zero-order chi connectivity index (χ0) is 11.6.